The van der Waals surface area contributed by atoms with Gasteiger partial charge in [0.05, 0.1) is 5.56 Å². The van der Waals surface area contributed by atoms with Crippen molar-refractivity contribution in [2.24, 2.45) is 0 Å². The van der Waals surface area contributed by atoms with Crippen LogP contribution in [0, 0.1) is 0 Å². The minimum Gasteiger partial charge on any atom is -0.478 e. The summed E-state index contributed by atoms with van der Waals surface area (Å²) < 4.78 is 0. The number of nitrogen functional groups attached to an aromatic ring is 1. The largest absolute Gasteiger partial charge is 0.478 e. The molecule has 0 saturated heterocycles. The Balaban J connectivity index is 3.00. The minimum absolute atomic E-state index is 0.176. The first kappa shape index (κ1) is 11.0. The Bertz CT molecular complexity index is 410. The summed E-state index contributed by atoms with van der Waals surface area (Å²) in [5, 5.41) is 8.75. The van der Waals surface area contributed by atoms with Crippen molar-refractivity contribution >= 4 is 24.0 Å². The number of hydrogen-bond acceptors (Lipinski definition) is 3. The van der Waals surface area contributed by atoms with E-state index in [1.165, 1.54) is 18.2 Å². The van der Waals surface area contributed by atoms with Crippen LogP contribution in [0.3, 0.4) is 0 Å². The summed E-state index contributed by atoms with van der Waals surface area (Å²) in [7, 11) is 0. The van der Waals surface area contributed by atoms with Crippen LogP contribution in [0.25, 0.3) is 6.08 Å². The van der Waals surface area contributed by atoms with Crippen LogP contribution in [-0.4, -0.2) is 17.4 Å². The molecule has 0 fully saturated rings. The zero-order valence-electron chi connectivity index (χ0n) is 8.01. The van der Waals surface area contributed by atoms with Crippen molar-refractivity contribution in [3.63, 3.8) is 0 Å². The number of carboxylic acid groups (broad SMARTS) is 1. The van der Waals surface area contributed by atoms with E-state index >= 15 is 0 Å². The second-order valence-corrected chi connectivity index (χ2v) is 2.95. The maximum absolute atomic E-state index is 10.7. The van der Waals surface area contributed by atoms with Crippen LogP contribution in [0.5, 0.6) is 0 Å². The summed E-state index contributed by atoms with van der Waals surface area (Å²) in [6.45, 7) is 0. The van der Waals surface area contributed by atoms with E-state index in [0.29, 0.717) is 11.3 Å². The lowest BCUT2D eigenvalue weighted by atomic mass is 10.1. The maximum Gasteiger partial charge on any atom is 0.335 e. The lowest BCUT2D eigenvalue weighted by molar-refractivity contribution is -0.107. The minimum atomic E-state index is -1.000. The third kappa shape index (κ3) is 2.95. The summed E-state index contributed by atoms with van der Waals surface area (Å²) in [5.41, 5.74) is 6.91. The standard InChI is InChI=1S/C11H11NO3/c12-10-5-4-9(11(14)15)7-8(10)3-1-2-6-13/h1,3-7H,2,12H2,(H,14,15). The number of carbonyl (C=O) groups excluding carboxylic acids is 1. The molecule has 0 bridgehead atoms. The molecule has 1 aromatic rings. The SMILES string of the molecule is Nc1ccc(C(=O)O)cc1C=CCC=O. The third-order valence-corrected chi connectivity index (χ3v) is 1.86. The molecule has 0 aromatic heterocycles. The van der Waals surface area contributed by atoms with Crippen LogP contribution in [0.15, 0.2) is 24.3 Å². The lowest BCUT2D eigenvalue weighted by Crippen LogP contribution is -1.98. The Morgan fingerprint density at radius 1 is 1.47 bits per heavy atom. The first-order valence-electron chi connectivity index (χ1n) is 4.38. The van der Waals surface area contributed by atoms with Gasteiger partial charge in [0, 0.05) is 12.1 Å². The number of allylic oxidation sites excluding steroid dienone is 1. The summed E-state index contributed by atoms with van der Waals surface area (Å²) in [4.78, 5) is 20.8. The van der Waals surface area contributed by atoms with Crippen molar-refractivity contribution < 1.29 is 14.7 Å². The first-order chi connectivity index (χ1) is 7.15. The van der Waals surface area contributed by atoms with Crippen LogP contribution in [0.2, 0.25) is 0 Å². The number of aromatic carboxylic acids is 1. The predicted octanol–water partition coefficient (Wildman–Crippen LogP) is 1.57. The predicted molar refractivity (Wildman–Crippen MR) is 57.5 cm³/mol. The molecule has 0 aliphatic carbocycles. The highest BCUT2D eigenvalue weighted by atomic mass is 16.4. The number of anilines is 1. The van der Waals surface area contributed by atoms with Gasteiger partial charge in [-0.2, -0.15) is 0 Å². The molecule has 0 unspecified atom stereocenters. The van der Waals surface area contributed by atoms with Crippen molar-refractivity contribution in [3.05, 3.63) is 35.4 Å². The molecule has 78 valence electrons. The molecule has 3 N–H and O–H groups in total. The number of aldehydes is 1. The van der Waals surface area contributed by atoms with E-state index in [1.807, 2.05) is 0 Å². The average molecular weight is 205 g/mol. The van der Waals surface area contributed by atoms with Gasteiger partial charge in [-0.1, -0.05) is 12.2 Å². The van der Waals surface area contributed by atoms with E-state index in [2.05, 4.69) is 0 Å². The monoisotopic (exact) mass is 205 g/mol. The number of benzene rings is 1. The maximum atomic E-state index is 10.7. The molecule has 0 radical (unpaired) electrons. The summed E-state index contributed by atoms with van der Waals surface area (Å²) in [6, 6.07) is 4.44. The molecule has 0 aliphatic rings. The Morgan fingerprint density at radius 2 is 2.20 bits per heavy atom. The molecule has 0 saturated carbocycles. The highest BCUT2D eigenvalue weighted by molar-refractivity contribution is 5.89. The average Bonchev–Trinajstić information content (AvgIpc) is 2.20. The van der Waals surface area contributed by atoms with Gasteiger partial charge in [-0.25, -0.2) is 4.79 Å². The van der Waals surface area contributed by atoms with Crippen LogP contribution < -0.4 is 5.73 Å². The molecule has 0 spiro atoms. The van der Waals surface area contributed by atoms with E-state index in [0.717, 1.165) is 6.29 Å². The Kier molecular flexibility index (Phi) is 3.62. The number of carboxylic acids is 1. The van der Waals surface area contributed by atoms with Crippen molar-refractivity contribution in [3.8, 4) is 0 Å². The van der Waals surface area contributed by atoms with Crippen LogP contribution in [0.4, 0.5) is 5.69 Å². The number of hydrogen-bond donors (Lipinski definition) is 2. The number of rotatable bonds is 4. The Hall–Kier alpha value is -2.10. The second-order valence-electron chi connectivity index (χ2n) is 2.95. The summed E-state index contributed by atoms with van der Waals surface area (Å²) in [5.74, 6) is -1.000. The molecule has 0 heterocycles. The van der Waals surface area contributed by atoms with Crippen LogP contribution in [-0.2, 0) is 4.79 Å². The highest BCUT2D eigenvalue weighted by Crippen LogP contribution is 2.16. The molecule has 4 nitrogen and oxygen atoms in total. The lowest BCUT2D eigenvalue weighted by Gasteiger charge is -2.01. The van der Waals surface area contributed by atoms with Crippen molar-refractivity contribution in [1.82, 2.24) is 0 Å². The third-order valence-electron chi connectivity index (χ3n) is 1.86. The fraction of sp³-hybridized carbons (Fsp3) is 0.0909. The quantitative estimate of drug-likeness (QED) is 0.577. The van der Waals surface area contributed by atoms with Crippen LogP contribution in [0.1, 0.15) is 22.3 Å². The zero-order chi connectivity index (χ0) is 11.3. The summed E-state index contributed by atoms with van der Waals surface area (Å²) >= 11 is 0. The van der Waals surface area contributed by atoms with Gasteiger partial charge < -0.3 is 15.6 Å². The van der Waals surface area contributed by atoms with Gasteiger partial charge in [-0.3, -0.25) is 0 Å². The topological polar surface area (TPSA) is 80.4 Å². The molecule has 0 atom stereocenters. The van der Waals surface area contributed by atoms with E-state index in [-0.39, 0.29) is 12.0 Å². The molecule has 1 aromatic carbocycles. The Labute approximate surface area is 87.0 Å². The van der Waals surface area contributed by atoms with Gasteiger partial charge >= 0.3 is 5.97 Å². The van der Waals surface area contributed by atoms with Crippen molar-refractivity contribution in [2.75, 3.05) is 5.73 Å². The van der Waals surface area contributed by atoms with Gasteiger partial charge in [0.2, 0.25) is 0 Å². The molecule has 0 aliphatic heterocycles. The smallest absolute Gasteiger partial charge is 0.335 e. The molecular weight excluding hydrogens is 194 g/mol. The highest BCUT2D eigenvalue weighted by Gasteiger charge is 2.04. The van der Waals surface area contributed by atoms with Gasteiger partial charge in [0.15, 0.2) is 0 Å². The van der Waals surface area contributed by atoms with E-state index in [1.54, 1.807) is 12.2 Å². The van der Waals surface area contributed by atoms with Gasteiger partial charge in [0.1, 0.15) is 6.29 Å². The Morgan fingerprint density at radius 3 is 2.80 bits per heavy atom. The molecule has 15 heavy (non-hydrogen) atoms. The number of nitrogens with two attached hydrogens (primary N) is 1. The van der Waals surface area contributed by atoms with Gasteiger partial charge in [-0.05, 0) is 23.8 Å². The van der Waals surface area contributed by atoms with E-state index < -0.39 is 5.97 Å². The number of carbonyl (C=O) groups is 2. The zero-order valence-corrected chi connectivity index (χ0v) is 8.01. The first-order valence-corrected chi connectivity index (χ1v) is 4.38. The van der Waals surface area contributed by atoms with Crippen molar-refractivity contribution in [2.45, 2.75) is 6.42 Å². The fourth-order valence-corrected chi connectivity index (χ4v) is 1.10. The van der Waals surface area contributed by atoms with Gasteiger partial charge in [0.25, 0.3) is 0 Å². The van der Waals surface area contributed by atoms with Crippen LogP contribution >= 0.6 is 0 Å². The normalized spacial score (nSPS) is 10.4. The van der Waals surface area contributed by atoms with Crippen molar-refractivity contribution in [1.29, 1.82) is 0 Å². The van der Waals surface area contributed by atoms with Gasteiger partial charge in [-0.15, -0.1) is 0 Å². The van der Waals surface area contributed by atoms with E-state index in [9.17, 15) is 9.59 Å². The fourth-order valence-electron chi connectivity index (χ4n) is 1.10. The second kappa shape index (κ2) is 4.95. The molecule has 0 amide bonds. The molecular formula is C11H11NO3. The molecule has 1 rings (SSSR count). The summed E-state index contributed by atoms with van der Waals surface area (Å²) in [6.07, 6.45) is 4.31. The molecule has 4 heteroatoms. The van der Waals surface area contributed by atoms with E-state index in [4.69, 9.17) is 10.8 Å².